The predicted octanol–water partition coefficient (Wildman–Crippen LogP) is 3.13. The van der Waals surface area contributed by atoms with Crippen LogP contribution in [-0.4, -0.2) is 9.55 Å². The van der Waals surface area contributed by atoms with Crippen molar-refractivity contribution >= 4 is 12.2 Å². The average molecular weight is 196 g/mol. The van der Waals surface area contributed by atoms with Gasteiger partial charge in [0.1, 0.15) is 0 Å². The maximum Gasteiger partial charge on any atom is 0.177 e. The van der Waals surface area contributed by atoms with Crippen LogP contribution in [0.2, 0.25) is 0 Å². The molecule has 1 fully saturated rings. The zero-order chi connectivity index (χ0) is 9.31. The molecule has 72 valence electrons. The number of imidazole rings is 1. The summed E-state index contributed by atoms with van der Waals surface area (Å²) in [5.74, 6) is 0. The van der Waals surface area contributed by atoms with E-state index in [1.807, 2.05) is 6.20 Å². The zero-order valence-corrected chi connectivity index (χ0v) is 8.86. The minimum Gasteiger partial charge on any atom is -0.337 e. The van der Waals surface area contributed by atoms with Gasteiger partial charge in [-0.25, -0.2) is 0 Å². The van der Waals surface area contributed by atoms with Crippen LogP contribution in [0.4, 0.5) is 0 Å². The summed E-state index contributed by atoms with van der Waals surface area (Å²) in [7, 11) is 0. The molecule has 0 spiro atoms. The summed E-state index contributed by atoms with van der Waals surface area (Å²) < 4.78 is 3.03. The smallest absolute Gasteiger partial charge is 0.177 e. The van der Waals surface area contributed by atoms with Gasteiger partial charge in [0.15, 0.2) is 4.77 Å². The van der Waals surface area contributed by atoms with E-state index in [1.165, 1.54) is 25.7 Å². The van der Waals surface area contributed by atoms with E-state index in [0.29, 0.717) is 5.41 Å². The van der Waals surface area contributed by atoms with Crippen LogP contribution < -0.4 is 0 Å². The van der Waals surface area contributed by atoms with E-state index in [1.54, 1.807) is 0 Å². The van der Waals surface area contributed by atoms with Crippen LogP contribution in [0, 0.1) is 10.2 Å². The van der Waals surface area contributed by atoms with Crippen molar-refractivity contribution in [3.8, 4) is 0 Å². The third-order valence-corrected chi connectivity index (χ3v) is 3.32. The number of rotatable bonds is 4. The van der Waals surface area contributed by atoms with Gasteiger partial charge in [0.05, 0.1) is 0 Å². The molecule has 1 aromatic heterocycles. The van der Waals surface area contributed by atoms with Gasteiger partial charge in [-0.15, -0.1) is 0 Å². The Hall–Kier alpha value is -0.570. The zero-order valence-electron chi connectivity index (χ0n) is 8.05. The SMILES string of the molecule is CCCC1(Cn2cc[nH]c2=S)CC1. The Morgan fingerprint density at radius 3 is 2.85 bits per heavy atom. The van der Waals surface area contributed by atoms with E-state index >= 15 is 0 Å². The van der Waals surface area contributed by atoms with Crippen molar-refractivity contribution in [2.45, 2.75) is 39.2 Å². The Morgan fingerprint density at radius 1 is 1.62 bits per heavy atom. The Labute approximate surface area is 84.0 Å². The molecule has 1 saturated carbocycles. The first-order valence-corrected chi connectivity index (χ1v) is 5.40. The molecule has 0 amide bonds. The number of hydrogen-bond donors (Lipinski definition) is 1. The Balaban J connectivity index is 2.06. The predicted molar refractivity (Wildman–Crippen MR) is 56.2 cm³/mol. The van der Waals surface area contributed by atoms with E-state index in [-0.39, 0.29) is 0 Å². The van der Waals surface area contributed by atoms with Crippen LogP contribution in [0.25, 0.3) is 0 Å². The second kappa shape index (κ2) is 3.29. The fourth-order valence-electron chi connectivity index (χ4n) is 2.03. The lowest BCUT2D eigenvalue weighted by molar-refractivity contribution is 0.386. The quantitative estimate of drug-likeness (QED) is 0.734. The summed E-state index contributed by atoms with van der Waals surface area (Å²) in [5, 5.41) is 0. The van der Waals surface area contributed by atoms with Crippen molar-refractivity contribution in [2.24, 2.45) is 5.41 Å². The molecule has 0 radical (unpaired) electrons. The van der Waals surface area contributed by atoms with Crippen LogP contribution in [0.15, 0.2) is 12.4 Å². The van der Waals surface area contributed by atoms with E-state index in [4.69, 9.17) is 12.2 Å². The minimum atomic E-state index is 0.592. The molecule has 0 saturated heterocycles. The van der Waals surface area contributed by atoms with Gasteiger partial charge in [0.2, 0.25) is 0 Å². The third-order valence-electron chi connectivity index (χ3n) is 2.97. The van der Waals surface area contributed by atoms with E-state index in [9.17, 15) is 0 Å². The molecular weight excluding hydrogens is 180 g/mol. The highest BCUT2D eigenvalue weighted by Gasteiger charge is 2.41. The monoisotopic (exact) mass is 196 g/mol. The second-order valence-electron chi connectivity index (χ2n) is 4.14. The maximum atomic E-state index is 5.17. The summed E-state index contributed by atoms with van der Waals surface area (Å²) in [6.45, 7) is 3.37. The number of H-pyrrole nitrogens is 1. The lowest BCUT2D eigenvalue weighted by Crippen LogP contribution is -2.10. The van der Waals surface area contributed by atoms with Gasteiger partial charge in [0.25, 0.3) is 0 Å². The molecule has 1 aliphatic rings. The Morgan fingerprint density at radius 2 is 2.38 bits per heavy atom. The second-order valence-corrected chi connectivity index (χ2v) is 4.53. The van der Waals surface area contributed by atoms with Gasteiger partial charge >= 0.3 is 0 Å². The first-order valence-electron chi connectivity index (χ1n) is 5.00. The van der Waals surface area contributed by atoms with Crippen LogP contribution in [0.3, 0.4) is 0 Å². The summed E-state index contributed by atoms with van der Waals surface area (Å²) in [5.41, 5.74) is 0.592. The fourth-order valence-corrected chi connectivity index (χ4v) is 2.22. The van der Waals surface area contributed by atoms with E-state index in [0.717, 1.165) is 11.3 Å². The molecule has 0 aromatic carbocycles. The van der Waals surface area contributed by atoms with Crippen LogP contribution in [0.1, 0.15) is 32.6 Å². The number of aromatic nitrogens is 2. The highest BCUT2D eigenvalue weighted by molar-refractivity contribution is 7.71. The maximum absolute atomic E-state index is 5.17. The van der Waals surface area contributed by atoms with Gasteiger partial charge in [-0.05, 0) is 36.9 Å². The highest BCUT2D eigenvalue weighted by atomic mass is 32.1. The molecule has 3 heteroatoms. The van der Waals surface area contributed by atoms with Crippen molar-refractivity contribution in [1.29, 1.82) is 0 Å². The number of hydrogen-bond acceptors (Lipinski definition) is 1. The first-order chi connectivity index (χ1) is 6.26. The molecule has 1 aromatic rings. The standard InChI is InChI=1S/C10H16N2S/c1-2-3-10(4-5-10)8-12-7-6-11-9(12)13/h6-7H,2-5,8H2,1H3,(H,11,13). The summed E-state index contributed by atoms with van der Waals surface area (Å²) in [4.78, 5) is 3.04. The summed E-state index contributed by atoms with van der Waals surface area (Å²) in [6.07, 6.45) is 9.38. The third kappa shape index (κ3) is 1.85. The van der Waals surface area contributed by atoms with Crippen molar-refractivity contribution < 1.29 is 0 Å². The van der Waals surface area contributed by atoms with Crippen molar-refractivity contribution in [3.05, 3.63) is 17.2 Å². The van der Waals surface area contributed by atoms with Crippen LogP contribution >= 0.6 is 12.2 Å². The largest absolute Gasteiger partial charge is 0.337 e. The summed E-state index contributed by atoms with van der Waals surface area (Å²) in [6, 6.07) is 0. The number of aromatic amines is 1. The lowest BCUT2D eigenvalue weighted by Gasteiger charge is -2.14. The molecule has 0 unspecified atom stereocenters. The molecule has 0 atom stereocenters. The van der Waals surface area contributed by atoms with Crippen LogP contribution in [-0.2, 0) is 6.54 Å². The molecule has 0 bridgehead atoms. The molecule has 2 nitrogen and oxygen atoms in total. The molecule has 2 rings (SSSR count). The first kappa shape index (κ1) is 9.00. The molecule has 1 aliphatic carbocycles. The minimum absolute atomic E-state index is 0.592. The van der Waals surface area contributed by atoms with Gasteiger partial charge in [-0.3, -0.25) is 0 Å². The van der Waals surface area contributed by atoms with E-state index in [2.05, 4.69) is 22.7 Å². The van der Waals surface area contributed by atoms with Crippen LogP contribution in [0.5, 0.6) is 0 Å². The van der Waals surface area contributed by atoms with Gasteiger partial charge in [-0.2, -0.15) is 0 Å². The van der Waals surface area contributed by atoms with Gasteiger partial charge < -0.3 is 9.55 Å². The molecule has 1 heterocycles. The molecule has 0 aliphatic heterocycles. The normalized spacial score (nSPS) is 18.8. The molecule has 1 N–H and O–H groups in total. The fraction of sp³-hybridized carbons (Fsp3) is 0.700. The highest BCUT2D eigenvalue weighted by Crippen LogP contribution is 2.50. The Bertz CT molecular complexity index is 333. The lowest BCUT2D eigenvalue weighted by atomic mass is 10.0. The molecule has 13 heavy (non-hydrogen) atoms. The topological polar surface area (TPSA) is 20.7 Å². The molecular formula is C10H16N2S. The Kier molecular flexibility index (Phi) is 2.28. The summed E-state index contributed by atoms with van der Waals surface area (Å²) >= 11 is 5.17. The van der Waals surface area contributed by atoms with Gasteiger partial charge in [0, 0.05) is 18.9 Å². The van der Waals surface area contributed by atoms with Crippen molar-refractivity contribution in [3.63, 3.8) is 0 Å². The van der Waals surface area contributed by atoms with Crippen molar-refractivity contribution in [1.82, 2.24) is 9.55 Å². The average Bonchev–Trinajstić information content (AvgIpc) is 2.73. The van der Waals surface area contributed by atoms with Gasteiger partial charge in [-0.1, -0.05) is 13.3 Å². The van der Waals surface area contributed by atoms with Crippen molar-refractivity contribution in [2.75, 3.05) is 0 Å². The number of nitrogens with one attached hydrogen (secondary N) is 1. The van der Waals surface area contributed by atoms with E-state index < -0.39 is 0 Å². The number of nitrogens with zero attached hydrogens (tertiary/aromatic N) is 1.